The zero-order chi connectivity index (χ0) is 16.9. The predicted molar refractivity (Wildman–Crippen MR) is 99.0 cm³/mol. The van der Waals surface area contributed by atoms with Crippen molar-refractivity contribution in [2.24, 2.45) is 0 Å². The van der Waals surface area contributed by atoms with E-state index in [2.05, 4.69) is 15.7 Å². The number of hydrogen-bond donors (Lipinski definition) is 2. The summed E-state index contributed by atoms with van der Waals surface area (Å²) in [5.74, 6) is -0.469. The van der Waals surface area contributed by atoms with E-state index in [4.69, 9.17) is 23.8 Å². The Morgan fingerprint density at radius 2 is 1.88 bits per heavy atom. The molecule has 4 nitrogen and oxygen atoms in total. The lowest BCUT2D eigenvalue weighted by atomic mass is 10.2. The Morgan fingerprint density at radius 3 is 2.62 bits per heavy atom. The van der Waals surface area contributed by atoms with E-state index in [1.165, 1.54) is 12.1 Å². The topological polar surface area (TPSA) is 41.9 Å². The highest BCUT2D eigenvalue weighted by Crippen LogP contribution is 2.19. The summed E-state index contributed by atoms with van der Waals surface area (Å²) in [7, 11) is 0. The van der Waals surface area contributed by atoms with Gasteiger partial charge in [0.15, 0.2) is 5.11 Å². The number of nitrogens with zero attached hydrogens (tertiary/aromatic N) is 2. The Kier molecular flexibility index (Phi) is 5.08. The van der Waals surface area contributed by atoms with Crippen molar-refractivity contribution >= 4 is 40.3 Å². The van der Waals surface area contributed by atoms with Crippen LogP contribution in [-0.2, 0) is 6.54 Å². The van der Waals surface area contributed by atoms with E-state index in [1.54, 1.807) is 12.3 Å². The van der Waals surface area contributed by atoms with E-state index >= 15 is 0 Å². The van der Waals surface area contributed by atoms with Gasteiger partial charge in [-0.15, -0.1) is 0 Å². The third kappa shape index (κ3) is 4.31. The van der Waals surface area contributed by atoms with Crippen LogP contribution in [0.4, 0.5) is 15.8 Å². The summed E-state index contributed by atoms with van der Waals surface area (Å²) < 4.78 is 15.0. The van der Waals surface area contributed by atoms with E-state index in [0.29, 0.717) is 17.3 Å². The lowest BCUT2D eigenvalue weighted by molar-refractivity contribution is 0.628. The van der Waals surface area contributed by atoms with Crippen molar-refractivity contribution in [1.82, 2.24) is 9.78 Å². The molecule has 1 heterocycles. The summed E-state index contributed by atoms with van der Waals surface area (Å²) in [6.45, 7) is 0.677. The van der Waals surface area contributed by atoms with Gasteiger partial charge in [0, 0.05) is 11.9 Å². The van der Waals surface area contributed by atoms with Gasteiger partial charge in [0.1, 0.15) is 5.82 Å². The zero-order valence-corrected chi connectivity index (χ0v) is 14.1. The standard InChI is InChI=1S/C17H14ClFN4S/c18-15-8-13(6-7-16(15)19)21-17(24)22-14-9-20-23(11-14)10-12-4-2-1-3-5-12/h1-9,11H,10H2,(H2,21,22,24). The fraction of sp³-hybridized carbons (Fsp3) is 0.0588. The molecule has 0 amide bonds. The van der Waals surface area contributed by atoms with E-state index < -0.39 is 5.82 Å². The Balaban J connectivity index is 1.59. The SMILES string of the molecule is Fc1ccc(NC(=S)Nc2cnn(Cc3ccccc3)c2)cc1Cl. The number of nitrogens with one attached hydrogen (secondary N) is 2. The first-order valence-corrected chi connectivity index (χ1v) is 7.98. The maximum atomic E-state index is 13.1. The van der Waals surface area contributed by atoms with Crippen LogP contribution in [-0.4, -0.2) is 14.9 Å². The van der Waals surface area contributed by atoms with Crippen LogP contribution in [0.25, 0.3) is 0 Å². The minimum atomic E-state index is -0.469. The molecule has 7 heteroatoms. The lowest BCUT2D eigenvalue weighted by Gasteiger charge is -2.09. The van der Waals surface area contributed by atoms with Crippen molar-refractivity contribution in [2.45, 2.75) is 6.54 Å². The number of halogens is 2. The highest BCUT2D eigenvalue weighted by molar-refractivity contribution is 7.80. The van der Waals surface area contributed by atoms with Crippen LogP contribution < -0.4 is 10.6 Å². The van der Waals surface area contributed by atoms with Crippen LogP contribution >= 0.6 is 23.8 Å². The lowest BCUT2D eigenvalue weighted by Crippen LogP contribution is -2.18. The molecule has 0 fully saturated rings. The van der Waals surface area contributed by atoms with E-state index in [9.17, 15) is 4.39 Å². The van der Waals surface area contributed by atoms with Crippen LogP contribution in [0.5, 0.6) is 0 Å². The Hall–Kier alpha value is -2.44. The molecule has 0 unspecified atom stereocenters. The average Bonchev–Trinajstić information content (AvgIpc) is 2.99. The van der Waals surface area contributed by atoms with Crippen LogP contribution in [0, 0.1) is 5.82 Å². The smallest absolute Gasteiger partial charge is 0.175 e. The molecule has 1 aromatic heterocycles. The van der Waals surface area contributed by atoms with Gasteiger partial charge < -0.3 is 10.6 Å². The quantitative estimate of drug-likeness (QED) is 0.671. The highest BCUT2D eigenvalue weighted by atomic mass is 35.5. The van der Waals surface area contributed by atoms with Crippen molar-refractivity contribution < 1.29 is 4.39 Å². The summed E-state index contributed by atoms with van der Waals surface area (Å²) in [6.07, 6.45) is 3.55. The minimum absolute atomic E-state index is 0.0403. The zero-order valence-electron chi connectivity index (χ0n) is 12.5. The summed E-state index contributed by atoms with van der Waals surface area (Å²) >= 11 is 11.0. The summed E-state index contributed by atoms with van der Waals surface area (Å²) in [4.78, 5) is 0. The van der Waals surface area contributed by atoms with Gasteiger partial charge in [0.05, 0.1) is 23.5 Å². The predicted octanol–water partition coefficient (Wildman–Crippen LogP) is 4.53. The van der Waals surface area contributed by atoms with Crippen molar-refractivity contribution in [3.8, 4) is 0 Å². The number of rotatable bonds is 4. The van der Waals surface area contributed by atoms with Crippen LogP contribution in [0.15, 0.2) is 60.9 Å². The van der Waals surface area contributed by atoms with Crippen molar-refractivity contribution in [3.05, 3.63) is 77.3 Å². The Bertz CT molecular complexity index is 851. The van der Waals surface area contributed by atoms with Crippen molar-refractivity contribution in [2.75, 3.05) is 10.6 Å². The second-order valence-electron chi connectivity index (χ2n) is 5.12. The van der Waals surface area contributed by atoms with Gasteiger partial charge in [-0.1, -0.05) is 41.9 Å². The maximum Gasteiger partial charge on any atom is 0.175 e. The highest BCUT2D eigenvalue weighted by Gasteiger charge is 2.05. The van der Waals surface area contributed by atoms with Gasteiger partial charge in [0.2, 0.25) is 0 Å². The van der Waals surface area contributed by atoms with Gasteiger partial charge in [0.25, 0.3) is 0 Å². The van der Waals surface area contributed by atoms with Crippen LogP contribution in [0.3, 0.4) is 0 Å². The normalized spacial score (nSPS) is 10.4. The van der Waals surface area contributed by atoms with Gasteiger partial charge in [-0.2, -0.15) is 5.10 Å². The molecule has 0 saturated carbocycles. The number of anilines is 2. The third-order valence-electron chi connectivity index (χ3n) is 3.26. The van der Waals surface area contributed by atoms with E-state index in [1.807, 2.05) is 41.2 Å². The third-order valence-corrected chi connectivity index (χ3v) is 3.75. The Morgan fingerprint density at radius 1 is 1.12 bits per heavy atom. The molecular formula is C17H14ClFN4S. The molecule has 3 rings (SSSR count). The number of thiocarbonyl (C=S) groups is 1. The molecule has 0 saturated heterocycles. The first kappa shape index (κ1) is 16.4. The van der Waals surface area contributed by atoms with E-state index in [0.717, 1.165) is 11.3 Å². The molecule has 2 N–H and O–H groups in total. The number of hydrogen-bond acceptors (Lipinski definition) is 2. The Labute approximate surface area is 149 Å². The van der Waals surface area contributed by atoms with Crippen molar-refractivity contribution in [1.29, 1.82) is 0 Å². The second kappa shape index (κ2) is 7.42. The number of aromatic nitrogens is 2. The fourth-order valence-electron chi connectivity index (χ4n) is 2.15. The van der Waals surface area contributed by atoms with E-state index in [-0.39, 0.29) is 5.02 Å². The van der Waals surface area contributed by atoms with Gasteiger partial charge in [-0.3, -0.25) is 4.68 Å². The molecular weight excluding hydrogens is 347 g/mol. The molecule has 24 heavy (non-hydrogen) atoms. The molecule has 0 spiro atoms. The van der Waals surface area contributed by atoms with Gasteiger partial charge in [-0.05, 0) is 36.0 Å². The van der Waals surface area contributed by atoms with Gasteiger partial charge >= 0.3 is 0 Å². The summed E-state index contributed by atoms with van der Waals surface area (Å²) in [5.41, 5.74) is 2.53. The first-order valence-electron chi connectivity index (χ1n) is 7.19. The molecule has 0 aliphatic carbocycles. The molecule has 0 bridgehead atoms. The van der Waals surface area contributed by atoms with Crippen molar-refractivity contribution in [3.63, 3.8) is 0 Å². The van der Waals surface area contributed by atoms with Crippen LogP contribution in [0.2, 0.25) is 5.02 Å². The first-order chi connectivity index (χ1) is 11.6. The molecule has 0 aliphatic rings. The fourth-order valence-corrected chi connectivity index (χ4v) is 2.57. The molecule has 2 aromatic carbocycles. The van der Waals surface area contributed by atoms with Crippen LogP contribution in [0.1, 0.15) is 5.56 Å². The molecule has 3 aromatic rings. The molecule has 0 atom stereocenters. The molecule has 0 aliphatic heterocycles. The molecule has 0 radical (unpaired) electrons. The second-order valence-corrected chi connectivity index (χ2v) is 5.94. The minimum Gasteiger partial charge on any atom is -0.332 e. The molecule has 122 valence electrons. The maximum absolute atomic E-state index is 13.1. The summed E-state index contributed by atoms with van der Waals surface area (Å²) in [5, 5.41) is 10.7. The monoisotopic (exact) mass is 360 g/mol. The average molecular weight is 361 g/mol. The summed E-state index contributed by atoms with van der Waals surface area (Å²) in [6, 6.07) is 14.4. The number of benzene rings is 2. The largest absolute Gasteiger partial charge is 0.332 e. The van der Waals surface area contributed by atoms with Gasteiger partial charge in [-0.25, -0.2) is 4.39 Å².